The molecule has 6 heteroatoms. The van der Waals surface area contributed by atoms with Crippen molar-refractivity contribution in [2.24, 2.45) is 0 Å². The molecule has 0 aliphatic rings. The third-order valence-electron chi connectivity index (χ3n) is 2.60. The molecule has 0 amide bonds. The number of thioether (sulfide) groups is 1. The van der Waals surface area contributed by atoms with Crippen LogP contribution < -0.4 is 10.9 Å². The van der Waals surface area contributed by atoms with Gasteiger partial charge in [0.05, 0.1) is 10.9 Å². The van der Waals surface area contributed by atoms with Crippen LogP contribution in [0, 0.1) is 6.92 Å². The summed E-state index contributed by atoms with van der Waals surface area (Å²) in [5, 5.41) is 3.77. The smallest absolute Gasteiger partial charge is 0.258 e. The van der Waals surface area contributed by atoms with E-state index in [9.17, 15) is 4.79 Å². The standard InChI is InChI=1S/C13H15N3OS2/c1-3-19-13(18)14-7-9-4-5-11-10(6-9)12(17)16-8(2)15-11/h4-6H,3,7H2,1-2H3,(H,14,18)(H,15,16,17). The van der Waals surface area contributed by atoms with Gasteiger partial charge in [0.25, 0.3) is 5.56 Å². The van der Waals surface area contributed by atoms with Gasteiger partial charge in [0.2, 0.25) is 0 Å². The summed E-state index contributed by atoms with van der Waals surface area (Å²) in [5.74, 6) is 1.58. The summed E-state index contributed by atoms with van der Waals surface area (Å²) in [6, 6.07) is 5.68. The lowest BCUT2D eigenvalue weighted by Crippen LogP contribution is -2.18. The molecule has 0 saturated carbocycles. The predicted molar refractivity (Wildman–Crippen MR) is 84.7 cm³/mol. The van der Waals surface area contributed by atoms with Gasteiger partial charge in [-0.3, -0.25) is 4.79 Å². The average molecular weight is 293 g/mol. The Morgan fingerprint density at radius 3 is 3.05 bits per heavy atom. The Bertz CT molecular complexity index is 666. The molecular formula is C13H15N3OS2. The van der Waals surface area contributed by atoms with E-state index in [1.807, 2.05) is 18.2 Å². The van der Waals surface area contributed by atoms with E-state index in [1.54, 1.807) is 18.7 Å². The summed E-state index contributed by atoms with van der Waals surface area (Å²) in [4.78, 5) is 18.9. The Kier molecular flexibility index (Phi) is 4.55. The van der Waals surface area contributed by atoms with Crippen molar-refractivity contribution in [3.05, 3.63) is 39.9 Å². The Balaban J connectivity index is 2.22. The van der Waals surface area contributed by atoms with Gasteiger partial charge < -0.3 is 10.3 Å². The van der Waals surface area contributed by atoms with Crippen molar-refractivity contribution >= 4 is 39.2 Å². The molecule has 0 fully saturated rings. The van der Waals surface area contributed by atoms with E-state index in [-0.39, 0.29) is 5.56 Å². The van der Waals surface area contributed by atoms with Crippen LogP contribution in [0.5, 0.6) is 0 Å². The molecule has 2 N–H and O–H groups in total. The molecule has 0 bridgehead atoms. The van der Waals surface area contributed by atoms with Crippen LogP contribution in [-0.2, 0) is 6.54 Å². The quantitative estimate of drug-likeness (QED) is 0.851. The highest BCUT2D eigenvalue weighted by atomic mass is 32.2. The zero-order valence-electron chi connectivity index (χ0n) is 10.8. The van der Waals surface area contributed by atoms with Crippen molar-refractivity contribution in [2.75, 3.05) is 5.75 Å². The highest BCUT2D eigenvalue weighted by Gasteiger charge is 2.03. The number of aromatic nitrogens is 2. The third kappa shape index (κ3) is 3.54. The molecule has 0 unspecified atom stereocenters. The SMILES string of the molecule is CCSC(=S)NCc1ccc2nc(C)[nH]c(=O)c2c1. The fourth-order valence-electron chi connectivity index (χ4n) is 1.77. The summed E-state index contributed by atoms with van der Waals surface area (Å²) in [6.07, 6.45) is 0. The first-order valence-electron chi connectivity index (χ1n) is 6.00. The van der Waals surface area contributed by atoms with E-state index in [2.05, 4.69) is 22.2 Å². The van der Waals surface area contributed by atoms with Gasteiger partial charge in [-0.1, -0.05) is 37.0 Å². The minimum Gasteiger partial charge on any atom is -0.367 e. The predicted octanol–water partition coefficient (Wildman–Crippen LogP) is 2.36. The Morgan fingerprint density at radius 2 is 2.32 bits per heavy atom. The normalized spacial score (nSPS) is 10.6. The maximum atomic E-state index is 11.8. The van der Waals surface area contributed by atoms with Crippen LogP contribution in [-0.4, -0.2) is 20.0 Å². The fourth-order valence-corrected chi connectivity index (χ4v) is 2.63. The highest BCUT2D eigenvalue weighted by Crippen LogP contribution is 2.11. The molecule has 1 aromatic carbocycles. The molecule has 4 nitrogen and oxygen atoms in total. The van der Waals surface area contributed by atoms with Gasteiger partial charge in [-0.15, -0.1) is 0 Å². The number of H-pyrrole nitrogens is 1. The Labute approximate surface area is 121 Å². The van der Waals surface area contributed by atoms with Gasteiger partial charge in [0.1, 0.15) is 10.1 Å². The number of aryl methyl sites for hydroxylation is 1. The molecular weight excluding hydrogens is 278 g/mol. The number of benzene rings is 1. The van der Waals surface area contributed by atoms with E-state index in [1.165, 1.54) is 0 Å². The molecule has 2 rings (SSSR count). The largest absolute Gasteiger partial charge is 0.367 e. The van der Waals surface area contributed by atoms with Crippen LogP contribution in [0.25, 0.3) is 10.9 Å². The van der Waals surface area contributed by atoms with Gasteiger partial charge in [-0.25, -0.2) is 4.98 Å². The highest BCUT2D eigenvalue weighted by molar-refractivity contribution is 8.22. The van der Waals surface area contributed by atoms with Gasteiger partial charge in [-0.05, 0) is 30.4 Å². The number of thiocarbonyl (C=S) groups is 1. The second-order valence-electron chi connectivity index (χ2n) is 4.08. The van der Waals surface area contributed by atoms with Crippen molar-refractivity contribution in [3.63, 3.8) is 0 Å². The first kappa shape index (κ1) is 14.0. The van der Waals surface area contributed by atoms with Crippen molar-refractivity contribution in [1.29, 1.82) is 0 Å². The first-order chi connectivity index (χ1) is 9.10. The van der Waals surface area contributed by atoms with Gasteiger partial charge in [0.15, 0.2) is 0 Å². The zero-order chi connectivity index (χ0) is 13.8. The van der Waals surface area contributed by atoms with Crippen LogP contribution in [0.2, 0.25) is 0 Å². The van der Waals surface area contributed by atoms with Crippen LogP contribution in [0.1, 0.15) is 18.3 Å². The first-order valence-corrected chi connectivity index (χ1v) is 7.39. The number of fused-ring (bicyclic) bond motifs is 1. The van der Waals surface area contributed by atoms with E-state index in [0.717, 1.165) is 21.2 Å². The van der Waals surface area contributed by atoms with E-state index in [4.69, 9.17) is 12.2 Å². The second-order valence-corrected chi connectivity index (χ2v) is 6.02. The molecule has 0 atom stereocenters. The maximum Gasteiger partial charge on any atom is 0.258 e. The molecule has 100 valence electrons. The van der Waals surface area contributed by atoms with Gasteiger partial charge >= 0.3 is 0 Å². The van der Waals surface area contributed by atoms with E-state index < -0.39 is 0 Å². The summed E-state index contributed by atoms with van der Waals surface area (Å²) in [6.45, 7) is 4.45. The number of nitrogens with zero attached hydrogens (tertiary/aromatic N) is 1. The van der Waals surface area contributed by atoms with Crippen LogP contribution in [0.4, 0.5) is 0 Å². The third-order valence-corrected chi connectivity index (χ3v) is 3.79. The van der Waals surface area contributed by atoms with Gasteiger partial charge in [-0.2, -0.15) is 0 Å². The fraction of sp³-hybridized carbons (Fsp3) is 0.308. The Morgan fingerprint density at radius 1 is 1.53 bits per heavy atom. The van der Waals surface area contributed by atoms with Crippen molar-refractivity contribution < 1.29 is 0 Å². The number of hydrogen-bond donors (Lipinski definition) is 2. The van der Waals surface area contributed by atoms with Gasteiger partial charge in [0, 0.05) is 6.54 Å². The summed E-state index contributed by atoms with van der Waals surface area (Å²) < 4.78 is 0.776. The lowest BCUT2D eigenvalue weighted by atomic mass is 10.1. The Hall–Kier alpha value is -1.40. The number of nitrogens with one attached hydrogen (secondary N) is 2. The molecule has 1 heterocycles. The number of aromatic amines is 1. The van der Waals surface area contributed by atoms with Crippen LogP contribution in [0.3, 0.4) is 0 Å². The summed E-state index contributed by atoms with van der Waals surface area (Å²) in [5.41, 5.74) is 1.63. The molecule has 0 aliphatic heterocycles. The molecule has 2 aromatic rings. The van der Waals surface area contributed by atoms with Crippen LogP contribution in [0.15, 0.2) is 23.0 Å². The molecule has 0 spiro atoms. The minimum absolute atomic E-state index is 0.102. The minimum atomic E-state index is -0.102. The number of rotatable bonds is 3. The average Bonchev–Trinajstić information content (AvgIpc) is 2.37. The van der Waals surface area contributed by atoms with Crippen molar-refractivity contribution in [2.45, 2.75) is 20.4 Å². The lowest BCUT2D eigenvalue weighted by molar-refractivity contribution is 0.940. The summed E-state index contributed by atoms with van der Waals surface area (Å²) in [7, 11) is 0. The van der Waals surface area contributed by atoms with Crippen LogP contribution >= 0.6 is 24.0 Å². The molecule has 0 saturated heterocycles. The molecule has 19 heavy (non-hydrogen) atoms. The maximum absolute atomic E-state index is 11.8. The van der Waals surface area contributed by atoms with E-state index in [0.29, 0.717) is 17.8 Å². The topological polar surface area (TPSA) is 57.8 Å². The summed E-state index contributed by atoms with van der Waals surface area (Å²) >= 11 is 6.76. The van der Waals surface area contributed by atoms with Crippen molar-refractivity contribution in [3.8, 4) is 0 Å². The number of hydrogen-bond acceptors (Lipinski definition) is 4. The van der Waals surface area contributed by atoms with Crippen molar-refractivity contribution in [1.82, 2.24) is 15.3 Å². The molecule has 0 aliphatic carbocycles. The molecule has 1 aromatic heterocycles. The monoisotopic (exact) mass is 293 g/mol. The second kappa shape index (κ2) is 6.16. The zero-order valence-corrected chi connectivity index (χ0v) is 12.5. The molecule has 0 radical (unpaired) electrons. The lowest BCUT2D eigenvalue weighted by Gasteiger charge is -2.07. The van der Waals surface area contributed by atoms with E-state index >= 15 is 0 Å².